The maximum Gasteiger partial charge on any atom is 0.244 e. The summed E-state index contributed by atoms with van der Waals surface area (Å²) in [5.41, 5.74) is 0.293. The van der Waals surface area contributed by atoms with Gasteiger partial charge in [0, 0.05) is 12.0 Å². The number of anilines is 1. The number of fused-ring (bicyclic) bond motifs is 1. The number of benzene rings is 2. The lowest BCUT2D eigenvalue weighted by Gasteiger charge is -2.42. The minimum atomic E-state index is -3.92. The standard InChI is InChI=1S/C24H31FN2O4S/c1-5-20(27(32(4,29)30)21-14-10-9-13-18(21)25)23(28)26-19-16-24(6-2,7-3)31-22-15-11-8-12-17(19)22/h8-15,19-20H,5-7,16H2,1-4H3,(H,26,28)/t19-,20-/m0/s1. The third-order valence-corrected chi connectivity index (χ3v) is 7.39. The number of carbonyl (C=O) groups is 1. The Bertz CT molecular complexity index is 1070. The summed E-state index contributed by atoms with van der Waals surface area (Å²) in [4.78, 5) is 13.4. The largest absolute Gasteiger partial charge is 0.487 e. The number of nitrogens with one attached hydrogen (secondary N) is 1. The Balaban J connectivity index is 1.97. The minimum Gasteiger partial charge on any atom is -0.487 e. The highest BCUT2D eigenvalue weighted by molar-refractivity contribution is 7.92. The molecule has 2 atom stereocenters. The lowest BCUT2D eigenvalue weighted by molar-refractivity contribution is -0.123. The van der Waals surface area contributed by atoms with Gasteiger partial charge in [0.25, 0.3) is 0 Å². The molecule has 1 aliphatic rings. The van der Waals surface area contributed by atoms with E-state index in [1.807, 2.05) is 24.3 Å². The molecule has 0 saturated carbocycles. The van der Waals surface area contributed by atoms with E-state index < -0.39 is 33.4 Å². The van der Waals surface area contributed by atoms with E-state index in [1.165, 1.54) is 18.2 Å². The lowest BCUT2D eigenvalue weighted by Crippen LogP contribution is -2.52. The Hall–Kier alpha value is -2.61. The highest BCUT2D eigenvalue weighted by Crippen LogP contribution is 2.42. The van der Waals surface area contributed by atoms with E-state index in [2.05, 4.69) is 19.2 Å². The van der Waals surface area contributed by atoms with Crippen molar-refractivity contribution in [2.75, 3.05) is 10.6 Å². The van der Waals surface area contributed by atoms with Crippen LogP contribution in [-0.2, 0) is 14.8 Å². The summed E-state index contributed by atoms with van der Waals surface area (Å²) < 4.78 is 47.0. The van der Waals surface area contributed by atoms with Crippen LogP contribution in [0.5, 0.6) is 5.75 Å². The Morgan fingerprint density at radius 2 is 1.78 bits per heavy atom. The zero-order valence-corrected chi connectivity index (χ0v) is 19.8. The van der Waals surface area contributed by atoms with Crippen LogP contribution in [0.15, 0.2) is 48.5 Å². The summed E-state index contributed by atoms with van der Waals surface area (Å²) in [5, 5.41) is 3.04. The van der Waals surface area contributed by atoms with Crippen molar-refractivity contribution in [1.29, 1.82) is 0 Å². The van der Waals surface area contributed by atoms with Crippen molar-refractivity contribution in [3.05, 3.63) is 59.9 Å². The van der Waals surface area contributed by atoms with E-state index in [9.17, 15) is 17.6 Å². The summed E-state index contributed by atoms with van der Waals surface area (Å²) in [6.07, 6.45) is 3.28. The van der Waals surface area contributed by atoms with Gasteiger partial charge in [-0.25, -0.2) is 12.8 Å². The van der Waals surface area contributed by atoms with Crippen molar-refractivity contribution in [2.45, 2.75) is 64.1 Å². The molecular weight excluding hydrogens is 431 g/mol. The molecule has 8 heteroatoms. The summed E-state index contributed by atoms with van der Waals surface area (Å²) >= 11 is 0. The van der Waals surface area contributed by atoms with Gasteiger partial charge < -0.3 is 10.1 Å². The first-order valence-electron chi connectivity index (χ1n) is 11.0. The number of hydrogen-bond donors (Lipinski definition) is 1. The Kier molecular flexibility index (Phi) is 7.12. The molecule has 32 heavy (non-hydrogen) atoms. The van der Waals surface area contributed by atoms with Crippen LogP contribution >= 0.6 is 0 Å². The molecule has 6 nitrogen and oxygen atoms in total. The summed E-state index contributed by atoms with van der Waals surface area (Å²) in [7, 11) is -3.92. The van der Waals surface area contributed by atoms with Crippen LogP contribution in [0.4, 0.5) is 10.1 Å². The fraction of sp³-hybridized carbons (Fsp3) is 0.458. The number of carbonyl (C=O) groups excluding carboxylic acids is 1. The predicted octanol–water partition coefficient (Wildman–Crippen LogP) is 4.57. The normalized spacial score (nSPS) is 18.2. The molecule has 1 heterocycles. The third kappa shape index (κ3) is 4.75. The molecular formula is C24H31FN2O4S. The number of amides is 1. The van der Waals surface area contributed by atoms with Gasteiger partial charge in [-0.05, 0) is 37.5 Å². The quantitative estimate of drug-likeness (QED) is 0.624. The van der Waals surface area contributed by atoms with Gasteiger partial charge in [-0.15, -0.1) is 0 Å². The lowest BCUT2D eigenvalue weighted by atomic mass is 9.83. The Morgan fingerprint density at radius 3 is 2.38 bits per heavy atom. The molecule has 0 radical (unpaired) electrons. The van der Waals surface area contributed by atoms with Crippen molar-refractivity contribution in [3.8, 4) is 5.75 Å². The first kappa shape index (κ1) is 24.0. The zero-order valence-electron chi connectivity index (χ0n) is 19.0. The number of ether oxygens (including phenoxy) is 1. The maximum absolute atomic E-state index is 14.5. The topological polar surface area (TPSA) is 75.7 Å². The molecule has 2 aromatic carbocycles. The van der Waals surface area contributed by atoms with Crippen molar-refractivity contribution in [1.82, 2.24) is 5.32 Å². The average Bonchev–Trinajstić information content (AvgIpc) is 2.77. The number of hydrogen-bond acceptors (Lipinski definition) is 4. The van der Waals surface area contributed by atoms with Gasteiger partial charge in [0.15, 0.2) is 0 Å². The van der Waals surface area contributed by atoms with E-state index in [0.717, 1.165) is 34.7 Å². The van der Waals surface area contributed by atoms with Gasteiger partial charge >= 0.3 is 0 Å². The van der Waals surface area contributed by atoms with E-state index in [1.54, 1.807) is 13.0 Å². The number of rotatable bonds is 8. The molecule has 174 valence electrons. The van der Waals surface area contributed by atoms with Crippen molar-refractivity contribution in [3.63, 3.8) is 0 Å². The Labute approximate surface area is 189 Å². The first-order valence-corrected chi connectivity index (χ1v) is 12.8. The molecule has 0 fully saturated rings. The van der Waals surface area contributed by atoms with Crippen LogP contribution in [0, 0.1) is 5.82 Å². The molecule has 1 amide bonds. The molecule has 0 unspecified atom stereocenters. The van der Waals surface area contributed by atoms with E-state index in [4.69, 9.17) is 4.74 Å². The van der Waals surface area contributed by atoms with E-state index in [0.29, 0.717) is 6.42 Å². The number of nitrogens with zero attached hydrogens (tertiary/aromatic N) is 1. The molecule has 1 N–H and O–H groups in total. The summed E-state index contributed by atoms with van der Waals surface area (Å²) in [6.45, 7) is 5.81. The molecule has 0 bridgehead atoms. The highest BCUT2D eigenvalue weighted by Gasteiger charge is 2.41. The second-order valence-electron chi connectivity index (χ2n) is 8.23. The molecule has 0 spiro atoms. The van der Waals surface area contributed by atoms with Crippen LogP contribution in [0.1, 0.15) is 58.1 Å². The summed E-state index contributed by atoms with van der Waals surface area (Å²) in [6, 6.07) is 11.7. The zero-order chi connectivity index (χ0) is 23.5. The second kappa shape index (κ2) is 9.48. The monoisotopic (exact) mass is 462 g/mol. The number of sulfonamides is 1. The SMILES string of the molecule is CC[C@@H](C(=O)N[C@H]1CC(CC)(CC)Oc2ccccc21)N(c1ccccc1F)S(C)(=O)=O. The minimum absolute atomic E-state index is 0.138. The number of halogens is 1. The third-order valence-electron chi connectivity index (χ3n) is 6.22. The molecule has 3 rings (SSSR count). The van der Waals surface area contributed by atoms with Gasteiger partial charge in [0.05, 0.1) is 18.0 Å². The van der Waals surface area contributed by atoms with E-state index >= 15 is 0 Å². The van der Waals surface area contributed by atoms with Crippen molar-refractivity contribution >= 4 is 21.6 Å². The van der Waals surface area contributed by atoms with Gasteiger partial charge in [-0.3, -0.25) is 9.10 Å². The second-order valence-corrected chi connectivity index (χ2v) is 10.1. The smallest absolute Gasteiger partial charge is 0.244 e. The van der Waals surface area contributed by atoms with Gasteiger partial charge in [0.2, 0.25) is 15.9 Å². The van der Waals surface area contributed by atoms with Crippen molar-refractivity contribution < 1.29 is 22.3 Å². The van der Waals surface area contributed by atoms with Crippen LogP contribution < -0.4 is 14.4 Å². The van der Waals surface area contributed by atoms with E-state index in [-0.39, 0.29) is 18.2 Å². The van der Waals surface area contributed by atoms with Gasteiger partial charge in [-0.1, -0.05) is 51.1 Å². The van der Waals surface area contributed by atoms with Crippen molar-refractivity contribution in [2.24, 2.45) is 0 Å². The van der Waals surface area contributed by atoms with Gasteiger partial charge in [-0.2, -0.15) is 0 Å². The fourth-order valence-electron chi connectivity index (χ4n) is 4.36. The molecule has 1 aliphatic heterocycles. The molecule has 0 aliphatic carbocycles. The van der Waals surface area contributed by atoms with Crippen LogP contribution in [0.25, 0.3) is 0 Å². The van der Waals surface area contributed by atoms with Crippen LogP contribution in [0.3, 0.4) is 0 Å². The highest BCUT2D eigenvalue weighted by atomic mass is 32.2. The first-order chi connectivity index (χ1) is 15.2. The molecule has 0 saturated heterocycles. The van der Waals surface area contributed by atoms with Gasteiger partial charge in [0.1, 0.15) is 23.2 Å². The molecule has 2 aromatic rings. The fourth-order valence-corrected chi connectivity index (χ4v) is 5.58. The number of para-hydroxylation sites is 2. The average molecular weight is 463 g/mol. The predicted molar refractivity (Wildman–Crippen MR) is 124 cm³/mol. The molecule has 0 aromatic heterocycles. The van der Waals surface area contributed by atoms with Crippen LogP contribution in [0.2, 0.25) is 0 Å². The summed E-state index contributed by atoms with van der Waals surface area (Å²) in [5.74, 6) is -0.449. The van der Waals surface area contributed by atoms with Crippen LogP contribution in [-0.4, -0.2) is 32.2 Å². The maximum atomic E-state index is 14.5. The Morgan fingerprint density at radius 1 is 1.16 bits per heavy atom.